The van der Waals surface area contributed by atoms with Crippen LogP contribution in [0.2, 0.25) is 0 Å². The third kappa shape index (κ3) is 4.73. The van der Waals surface area contributed by atoms with Crippen LogP contribution in [0.5, 0.6) is 0 Å². The second-order valence-corrected chi connectivity index (χ2v) is 4.99. The number of rotatable bonds is 6. The van der Waals surface area contributed by atoms with E-state index in [2.05, 4.69) is 5.32 Å². The lowest BCUT2D eigenvalue weighted by Crippen LogP contribution is -2.38. The smallest absolute Gasteiger partial charge is 0.317 e. The quantitative estimate of drug-likeness (QED) is 0.790. The predicted molar refractivity (Wildman–Crippen MR) is 75.3 cm³/mol. The van der Waals surface area contributed by atoms with Crippen LogP contribution in [0.1, 0.15) is 12.0 Å². The number of benzene rings is 1. The van der Waals surface area contributed by atoms with E-state index in [9.17, 15) is 14.0 Å². The molecule has 110 valence electrons. The molecule has 0 aromatic heterocycles. The van der Waals surface area contributed by atoms with E-state index < -0.39 is 12.0 Å². The molecular formula is C13H17FN2O3S. The monoisotopic (exact) mass is 300 g/mol. The van der Waals surface area contributed by atoms with E-state index in [1.54, 1.807) is 12.1 Å². The van der Waals surface area contributed by atoms with Crippen molar-refractivity contribution >= 4 is 23.8 Å². The molecule has 0 aliphatic rings. The van der Waals surface area contributed by atoms with Crippen molar-refractivity contribution < 1.29 is 19.1 Å². The Morgan fingerprint density at radius 3 is 2.75 bits per heavy atom. The summed E-state index contributed by atoms with van der Waals surface area (Å²) in [5, 5.41) is 11.1. The van der Waals surface area contributed by atoms with Gasteiger partial charge in [0.2, 0.25) is 0 Å². The number of aliphatic carboxylic acids is 1. The van der Waals surface area contributed by atoms with Crippen molar-refractivity contribution in [1.29, 1.82) is 0 Å². The molecule has 0 aliphatic carbocycles. The number of hydrogen-bond donors (Lipinski definition) is 2. The van der Waals surface area contributed by atoms with Crippen LogP contribution >= 0.6 is 11.8 Å². The number of nitrogens with zero attached hydrogens (tertiary/aromatic N) is 1. The van der Waals surface area contributed by atoms with Gasteiger partial charge in [-0.15, -0.1) is 11.8 Å². The van der Waals surface area contributed by atoms with Crippen molar-refractivity contribution in [2.45, 2.75) is 17.9 Å². The molecule has 0 saturated carbocycles. The van der Waals surface area contributed by atoms with E-state index in [4.69, 9.17) is 5.11 Å². The molecule has 0 atom stereocenters. The van der Waals surface area contributed by atoms with Gasteiger partial charge < -0.3 is 15.3 Å². The number of amides is 2. The molecule has 7 heteroatoms. The Morgan fingerprint density at radius 1 is 1.45 bits per heavy atom. The molecule has 0 spiro atoms. The summed E-state index contributed by atoms with van der Waals surface area (Å²) in [5.74, 6) is -1.34. The van der Waals surface area contributed by atoms with Crippen LogP contribution in [0, 0.1) is 5.82 Å². The highest BCUT2D eigenvalue weighted by Crippen LogP contribution is 2.22. The molecule has 1 aromatic rings. The minimum Gasteiger partial charge on any atom is -0.481 e. The fourth-order valence-corrected chi connectivity index (χ4v) is 2.20. The molecule has 0 aliphatic heterocycles. The molecule has 2 N–H and O–H groups in total. The molecular weight excluding hydrogens is 283 g/mol. The molecule has 0 saturated heterocycles. The van der Waals surface area contributed by atoms with Gasteiger partial charge >= 0.3 is 12.0 Å². The van der Waals surface area contributed by atoms with E-state index in [0.717, 1.165) is 4.90 Å². The summed E-state index contributed by atoms with van der Waals surface area (Å²) in [6.07, 6.45) is 1.71. The Balaban J connectivity index is 2.59. The maximum absolute atomic E-state index is 13.7. The lowest BCUT2D eigenvalue weighted by Gasteiger charge is -2.17. The fraction of sp³-hybridized carbons (Fsp3) is 0.385. The Bertz CT molecular complexity index is 497. The number of nitrogens with one attached hydrogen (secondary N) is 1. The Labute approximate surface area is 121 Å². The van der Waals surface area contributed by atoms with Crippen LogP contribution < -0.4 is 5.32 Å². The maximum Gasteiger partial charge on any atom is 0.317 e. The van der Waals surface area contributed by atoms with Gasteiger partial charge in [0.15, 0.2) is 0 Å². The zero-order valence-corrected chi connectivity index (χ0v) is 12.2. The summed E-state index contributed by atoms with van der Waals surface area (Å²) in [7, 11) is 1.50. The first kappa shape index (κ1) is 16.3. The van der Waals surface area contributed by atoms with Gasteiger partial charge in [-0.1, -0.05) is 6.07 Å². The highest BCUT2D eigenvalue weighted by Gasteiger charge is 2.12. The number of carbonyl (C=O) groups is 2. The molecule has 0 heterocycles. The Kier molecular flexibility index (Phi) is 6.30. The van der Waals surface area contributed by atoms with Crippen LogP contribution in [-0.4, -0.2) is 41.9 Å². The lowest BCUT2D eigenvalue weighted by molar-refractivity contribution is -0.137. The summed E-state index contributed by atoms with van der Waals surface area (Å²) in [5.41, 5.74) is 0.431. The number of halogens is 1. The maximum atomic E-state index is 13.7. The molecule has 20 heavy (non-hydrogen) atoms. The highest BCUT2D eigenvalue weighted by molar-refractivity contribution is 7.98. The summed E-state index contributed by atoms with van der Waals surface area (Å²) >= 11 is 1.40. The molecule has 0 bridgehead atoms. The van der Waals surface area contributed by atoms with Gasteiger partial charge in [0.05, 0.1) is 6.42 Å². The van der Waals surface area contributed by atoms with Crippen LogP contribution in [-0.2, 0) is 11.3 Å². The number of carbonyl (C=O) groups excluding carboxylic acids is 1. The number of carboxylic acids is 1. The first-order chi connectivity index (χ1) is 9.45. The summed E-state index contributed by atoms with van der Waals surface area (Å²) < 4.78 is 13.7. The summed E-state index contributed by atoms with van der Waals surface area (Å²) in [6.45, 7) is 0.174. The minimum absolute atomic E-state index is 0.0685. The molecule has 2 amide bonds. The Hall–Kier alpha value is -1.76. The molecule has 1 aromatic carbocycles. The van der Waals surface area contributed by atoms with Crippen molar-refractivity contribution in [3.63, 3.8) is 0 Å². The summed E-state index contributed by atoms with van der Waals surface area (Å²) in [6, 6.07) is 4.31. The van der Waals surface area contributed by atoms with Crippen LogP contribution in [0.25, 0.3) is 0 Å². The van der Waals surface area contributed by atoms with Gasteiger partial charge in [0.1, 0.15) is 5.82 Å². The van der Waals surface area contributed by atoms with Crippen LogP contribution in [0.3, 0.4) is 0 Å². The number of hydrogen-bond acceptors (Lipinski definition) is 3. The Morgan fingerprint density at radius 2 is 2.15 bits per heavy atom. The second-order valence-electron chi connectivity index (χ2n) is 4.14. The average molecular weight is 300 g/mol. The van der Waals surface area contributed by atoms with Crippen LogP contribution in [0.15, 0.2) is 23.1 Å². The topological polar surface area (TPSA) is 69.6 Å². The van der Waals surface area contributed by atoms with E-state index in [1.807, 2.05) is 6.26 Å². The third-order valence-corrected chi connectivity index (χ3v) is 3.54. The third-order valence-electron chi connectivity index (χ3n) is 2.72. The van der Waals surface area contributed by atoms with Gasteiger partial charge in [-0.3, -0.25) is 4.79 Å². The first-order valence-electron chi connectivity index (χ1n) is 5.97. The van der Waals surface area contributed by atoms with Crippen molar-refractivity contribution in [2.24, 2.45) is 0 Å². The number of urea groups is 1. The zero-order chi connectivity index (χ0) is 15.1. The standard InChI is InChI=1S/C13H17FN2O3S/c1-16(7-6-12(17)18)13(19)15-8-9-10(14)4-3-5-11(9)20-2/h3-5H,6-8H2,1-2H3,(H,15,19)(H,17,18). The van der Waals surface area contributed by atoms with Crippen LogP contribution in [0.4, 0.5) is 9.18 Å². The van der Waals surface area contributed by atoms with Gasteiger partial charge in [-0.2, -0.15) is 0 Å². The van der Waals surface area contributed by atoms with Gasteiger partial charge in [0, 0.05) is 30.6 Å². The molecule has 0 radical (unpaired) electrons. The largest absolute Gasteiger partial charge is 0.481 e. The van der Waals surface area contributed by atoms with E-state index in [0.29, 0.717) is 5.56 Å². The zero-order valence-electron chi connectivity index (χ0n) is 11.4. The van der Waals surface area contributed by atoms with Gasteiger partial charge in [-0.25, -0.2) is 9.18 Å². The van der Waals surface area contributed by atoms with E-state index in [1.165, 1.54) is 29.8 Å². The number of thioether (sulfide) groups is 1. The molecule has 0 fully saturated rings. The SMILES string of the molecule is CSc1cccc(F)c1CNC(=O)N(C)CCC(=O)O. The summed E-state index contributed by atoms with van der Waals surface area (Å²) in [4.78, 5) is 24.2. The van der Waals surface area contributed by atoms with Crippen molar-refractivity contribution in [3.05, 3.63) is 29.6 Å². The fourth-order valence-electron chi connectivity index (χ4n) is 1.57. The van der Waals surface area contributed by atoms with Crippen molar-refractivity contribution in [1.82, 2.24) is 10.2 Å². The van der Waals surface area contributed by atoms with Crippen molar-refractivity contribution in [3.8, 4) is 0 Å². The normalized spacial score (nSPS) is 10.2. The number of carboxylic acid groups (broad SMARTS) is 1. The highest BCUT2D eigenvalue weighted by atomic mass is 32.2. The molecule has 5 nitrogen and oxygen atoms in total. The van der Waals surface area contributed by atoms with Crippen molar-refractivity contribution in [2.75, 3.05) is 19.8 Å². The molecule has 1 rings (SSSR count). The van der Waals surface area contributed by atoms with E-state index in [-0.39, 0.29) is 25.3 Å². The second kappa shape index (κ2) is 7.74. The lowest BCUT2D eigenvalue weighted by atomic mass is 10.2. The predicted octanol–water partition coefficient (Wildman–Crippen LogP) is 2.16. The van der Waals surface area contributed by atoms with Gasteiger partial charge in [-0.05, 0) is 18.4 Å². The van der Waals surface area contributed by atoms with E-state index >= 15 is 0 Å². The molecule has 0 unspecified atom stereocenters. The first-order valence-corrected chi connectivity index (χ1v) is 7.20. The minimum atomic E-state index is -0.969. The van der Waals surface area contributed by atoms with Gasteiger partial charge in [0.25, 0.3) is 0 Å². The average Bonchev–Trinajstić information content (AvgIpc) is 2.42.